The van der Waals surface area contributed by atoms with Crippen LogP contribution in [-0.4, -0.2) is 30.0 Å². The number of benzene rings is 2. The number of rotatable bonds is 8. The number of fused-ring (bicyclic) bond motifs is 1. The molecule has 34 heavy (non-hydrogen) atoms. The van der Waals surface area contributed by atoms with Gasteiger partial charge in [0.1, 0.15) is 5.82 Å². The number of halogens is 1. The van der Waals surface area contributed by atoms with Crippen LogP contribution in [-0.2, 0) is 34.1 Å². The first-order chi connectivity index (χ1) is 16.2. The van der Waals surface area contributed by atoms with E-state index in [1.54, 1.807) is 43.3 Å². The summed E-state index contributed by atoms with van der Waals surface area (Å²) in [4.78, 5) is 21.0. The summed E-state index contributed by atoms with van der Waals surface area (Å²) in [7, 11) is -3.26. The molecule has 4 rings (SSSR count). The molecule has 0 spiro atoms. The number of amides is 1. The minimum Gasteiger partial charge on any atom is -0.302 e. The largest absolute Gasteiger partial charge is 0.302 e. The maximum absolute atomic E-state index is 13.6. The van der Waals surface area contributed by atoms with Crippen LogP contribution < -0.4 is 5.32 Å². The molecule has 1 N–H and O–H groups in total. The molecule has 2 aromatic carbocycles. The lowest BCUT2D eigenvalue weighted by Gasteiger charge is -2.27. The van der Waals surface area contributed by atoms with Gasteiger partial charge in [-0.05, 0) is 41.3 Å². The lowest BCUT2D eigenvalue weighted by Crippen LogP contribution is -2.26. The summed E-state index contributed by atoms with van der Waals surface area (Å²) in [6.45, 7) is 7.22. The van der Waals surface area contributed by atoms with Crippen molar-refractivity contribution in [2.75, 3.05) is 11.1 Å². The number of nitrogens with one attached hydrogen (secondary N) is 1. The Bertz CT molecular complexity index is 1290. The molecule has 0 bridgehead atoms. The van der Waals surface area contributed by atoms with E-state index in [1.807, 2.05) is 6.07 Å². The van der Waals surface area contributed by atoms with E-state index in [4.69, 9.17) is 4.98 Å². The first-order valence-electron chi connectivity index (χ1n) is 11.3. The van der Waals surface area contributed by atoms with Crippen molar-refractivity contribution in [3.63, 3.8) is 0 Å². The number of anilines is 1. The number of carbonyl (C=O) groups excluding carboxylic acids is 1. The summed E-state index contributed by atoms with van der Waals surface area (Å²) in [5.41, 5.74) is 2.63. The van der Waals surface area contributed by atoms with Gasteiger partial charge in [0.05, 0.1) is 28.8 Å². The molecule has 0 aliphatic carbocycles. The Balaban J connectivity index is 1.42. The average Bonchev–Trinajstić information content (AvgIpc) is 3.30. The molecule has 2 heterocycles. The summed E-state index contributed by atoms with van der Waals surface area (Å²) < 4.78 is 37.5. The minimum absolute atomic E-state index is 0.0403. The number of sulfone groups is 1. The van der Waals surface area contributed by atoms with Crippen LogP contribution in [0.5, 0.6) is 0 Å². The number of nitrogens with zero attached hydrogens (tertiary/aromatic N) is 2. The molecule has 1 aliphatic heterocycles. The van der Waals surface area contributed by atoms with Gasteiger partial charge in [0, 0.05) is 18.0 Å². The molecule has 3 aromatic rings. The van der Waals surface area contributed by atoms with Crippen LogP contribution >= 0.6 is 11.3 Å². The standard InChI is InChI=1S/C25H28FN3O3S2/c1-4-34(31,32)20-10-8-17(9-11-20)13-22(30)27-25-28-23-21(33-25)15-29(24(23)16(2)3)14-18-6-5-7-19(26)12-18/h5-12,16,24H,4,13-15H2,1-3H3,(H,27,28,30). The lowest BCUT2D eigenvalue weighted by molar-refractivity contribution is -0.115. The molecule has 1 unspecified atom stereocenters. The van der Waals surface area contributed by atoms with Gasteiger partial charge >= 0.3 is 0 Å². The highest BCUT2D eigenvalue weighted by atomic mass is 32.2. The topological polar surface area (TPSA) is 79.4 Å². The molecule has 1 atom stereocenters. The minimum atomic E-state index is -3.26. The highest BCUT2D eigenvalue weighted by Crippen LogP contribution is 2.43. The van der Waals surface area contributed by atoms with E-state index in [2.05, 4.69) is 24.1 Å². The summed E-state index contributed by atoms with van der Waals surface area (Å²) in [6.07, 6.45) is 0.135. The fourth-order valence-electron chi connectivity index (χ4n) is 4.31. The van der Waals surface area contributed by atoms with Gasteiger partial charge in [-0.1, -0.05) is 45.0 Å². The second-order valence-corrected chi connectivity index (χ2v) is 12.2. The molecule has 0 saturated carbocycles. The number of thiazole rings is 1. The number of hydrogen-bond acceptors (Lipinski definition) is 6. The first-order valence-corrected chi connectivity index (χ1v) is 13.7. The number of hydrogen-bond donors (Lipinski definition) is 1. The summed E-state index contributed by atoms with van der Waals surface area (Å²) >= 11 is 1.47. The van der Waals surface area contributed by atoms with Crippen molar-refractivity contribution < 1.29 is 17.6 Å². The summed E-state index contributed by atoms with van der Waals surface area (Å²) in [6, 6.07) is 13.2. The van der Waals surface area contributed by atoms with Crippen LogP contribution in [0.1, 0.15) is 48.5 Å². The van der Waals surface area contributed by atoms with Gasteiger partial charge < -0.3 is 5.32 Å². The molecule has 1 amide bonds. The lowest BCUT2D eigenvalue weighted by atomic mass is 10.0. The molecule has 1 aliphatic rings. The molecule has 0 fully saturated rings. The van der Waals surface area contributed by atoms with Crippen LogP contribution in [0.25, 0.3) is 0 Å². The van der Waals surface area contributed by atoms with E-state index < -0.39 is 9.84 Å². The molecular weight excluding hydrogens is 473 g/mol. The SMILES string of the molecule is CCS(=O)(=O)c1ccc(CC(=O)Nc2nc3c(s2)CN(Cc2cccc(F)c2)C3C(C)C)cc1. The second-order valence-electron chi connectivity index (χ2n) is 8.82. The van der Waals surface area contributed by atoms with Crippen molar-refractivity contribution in [2.24, 2.45) is 5.92 Å². The Morgan fingerprint density at radius 3 is 2.59 bits per heavy atom. The van der Waals surface area contributed by atoms with Gasteiger partial charge in [-0.15, -0.1) is 11.3 Å². The van der Waals surface area contributed by atoms with E-state index in [0.29, 0.717) is 24.1 Å². The van der Waals surface area contributed by atoms with Crippen LogP contribution in [0.15, 0.2) is 53.4 Å². The average molecular weight is 502 g/mol. The van der Waals surface area contributed by atoms with Crippen molar-refractivity contribution in [1.29, 1.82) is 0 Å². The molecule has 6 nitrogen and oxygen atoms in total. The van der Waals surface area contributed by atoms with Crippen molar-refractivity contribution in [1.82, 2.24) is 9.88 Å². The maximum Gasteiger partial charge on any atom is 0.230 e. The van der Waals surface area contributed by atoms with Crippen LogP contribution in [0.3, 0.4) is 0 Å². The Kier molecular flexibility index (Phi) is 7.16. The fraction of sp³-hybridized carbons (Fsp3) is 0.360. The van der Waals surface area contributed by atoms with E-state index in [1.165, 1.54) is 17.4 Å². The normalized spacial score (nSPS) is 16.1. The zero-order chi connectivity index (χ0) is 24.5. The molecule has 180 valence electrons. The molecule has 0 saturated heterocycles. The zero-order valence-corrected chi connectivity index (χ0v) is 21.0. The highest BCUT2D eigenvalue weighted by Gasteiger charge is 2.36. The molecule has 0 radical (unpaired) electrons. The maximum atomic E-state index is 13.6. The number of aromatic nitrogens is 1. The quantitative estimate of drug-likeness (QED) is 0.471. The predicted molar refractivity (Wildman–Crippen MR) is 132 cm³/mol. The summed E-state index contributed by atoms with van der Waals surface area (Å²) in [5.74, 6) is -0.0922. The monoisotopic (exact) mass is 501 g/mol. The Labute approximate surface area is 203 Å². The van der Waals surface area contributed by atoms with Gasteiger partial charge in [0.25, 0.3) is 0 Å². The van der Waals surface area contributed by atoms with E-state index in [-0.39, 0.29) is 34.8 Å². The smallest absolute Gasteiger partial charge is 0.230 e. The molecular formula is C25H28FN3O3S2. The fourth-order valence-corrected chi connectivity index (χ4v) is 6.24. The van der Waals surface area contributed by atoms with Gasteiger partial charge in [0.2, 0.25) is 5.91 Å². The van der Waals surface area contributed by atoms with E-state index in [0.717, 1.165) is 21.7 Å². The molecule has 1 aromatic heterocycles. The predicted octanol–water partition coefficient (Wildman–Crippen LogP) is 4.97. The highest BCUT2D eigenvalue weighted by molar-refractivity contribution is 7.91. The van der Waals surface area contributed by atoms with Gasteiger partial charge in [-0.3, -0.25) is 9.69 Å². The third kappa shape index (κ3) is 5.37. The number of carbonyl (C=O) groups is 1. The van der Waals surface area contributed by atoms with Gasteiger partial charge in [-0.2, -0.15) is 0 Å². The van der Waals surface area contributed by atoms with Crippen molar-refractivity contribution in [2.45, 2.75) is 51.2 Å². The third-order valence-electron chi connectivity index (χ3n) is 5.93. The van der Waals surface area contributed by atoms with Gasteiger partial charge in [0.15, 0.2) is 15.0 Å². The zero-order valence-electron chi connectivity index (χ0n) is 19.4. The second kappa shape index (κ2) is 9.93. The Morgan fingerprint density at radius 1 is 1.21 bits per heavy atom. The van der Waals surface area contributed by atoms with Crippen molar-refractivity contribution >= 4 is 32.2 Å². The van der Waals surface area contributed by atoms with Gasteiger partial charge in [-0.25, -0.2) is 17.8 Å². The van der Waals surface area contributed by atoms with Crippen LogP contribution in [0, 0.1) is 11.7 Å². The van der Waals surface area contributed by atoms with E-state index in [9.17, 15) is 17.6 Å². The van der Waals surface area contributed by atoms with Crippen LogP contribution in [0.2, 0.25) is 0 Å². The van der Waals surface area contributed by atoms with E-state index >= 15 is 0 Å². The van der Waals surface area contributed by atoms with Crippen molar-refractivity contribution in [3.8, 4) is 0 Å². The van der Waals surface area contributed by atoms with Crippen molar-refractivity contribution in [3.05, 3.63) is 76.0 Å². The molecule has 9 heteroatoms. The first kappa shape index (κ1) is 24.5. The van der Waals surface area contributed by atoms with Crippen LogP contribution in [0.4, 0.5) is 9.52 Å². The summed E-state index contributed by atoms with van der Waals surface area (Å²) in [5, 5.41) is 3.46. The third-order valence-corrected chi connectivity index (χ3v) is 8.65. The Hall–Kier alpha value is -2.62. The Morgan fingerprint density at radius 2 is 1.94 bits per heavy atom.